The first-order valence-electron chi connectivity index (χ1n) is 7.61. The zero-order chi connectivity index (χ0) is 13.9. The van der Waals surface area contributed by atoms with E-state index in [4.69, 9.17) is 0 Å². The van der Waals surface area contributed by atoms with E-state index in [1.807, 2.05) is 0 Å². The Labute approximate surface area is 117 Å². The summed E-state index contributed by atoms with van der Waals surface area (Å²) in [5, 5.41) is 7.98. The van der Waals surface area contributed by atoms with Crippen LogP contribution in [0.15, 0.2) is 6.33 Å². The SMILES string of the molecule is CC(C)Cn1ncnc1CC1(CNC(C)C)CCC1. The van der Waals surface area contributed by atoms with Crippen molar-refractivity contribution in [2.75, 3.05) is 6.54 Å². The maximum atomic E-state index is 4.49. The lowest BCUT2D eigenvalue weighted by Crippen LogP contribution is -2.44. The molecular weight excluding hydrogens is 236 g/mol. The summed E-state index contributed by atoms with van der Waals surface area (Å²) in [4.78, 5) is 4.49. The first-order chi connectivity index (χ1) is 9.01. The zero-order valence-electron chi connectivity index (χ0n) is 12.8. The molecule has 1 aliphatic rings. The van der Waals surface area contributed by atoms with Crippen molar-refractivity contribution < 1.29 is 0 Å². The van der Waals surface area contributed by atoms with Gasteiger partial charge in [-0.05, 0) is 24.2 Å². The van der Waals surface area contributed by atoms with Crippen LogP contribution in [-0.4, -0.2) is 27.4 Å². The van der Waals surface area contributed by atoms with Crippen LogP contribution in [0.2, 0.25) is 0 Å². The fraction of sp³-hybridized carbons (Fsp3) is 0.867. The quantitative estimate of drug-likeness (QED) is 0.823. The molecule has 0 amide bonds. The van der Waals surface area contributed by atoms with Gasteiger partial charge in [-0.1, -0.05) is 34.1 Å². The molecule has 0 unspecified atom stereocenters. The topological polar surface area (TPSA) is 42.7 Å². The van der Waals surface area contributed by atoms with Crippen LogP contribution in [0.5, 0.6) is 0 Å². The van der Waals surface area contributed by atoms with E-state index in [2.05, 4.69) is 47.8 Å². The van der Waals surface area contributed by atoms with Gasteiger partial charge in [0.25, 0.3) is 0 Å². The number of hydrogen-bond acceptors (Lipinski definition) is 3. The monoisotopic (exact) mass is 264 g/mol. The van der Waals surface area contributed by atoms with E-state index in [1.165, 1.54) is 25.1 Å². The van der Waals surface area contributed by atoms with Crippen LogP contribution in [-0.2, 0) is 13.0 Å². The average molecular weight is 264 g/mol. The Balaban J connectivity index is 2.00. The van der Waals surface area contributed by atoms with E-state index in [0.29, 0.717) is 17.4 Å². The van der Waals surface area contributed by atoms with Crippen molar-refractivity contribution in [2.24, 2.45) is 11.3 Å². The second-order valence-corrected chi connectivity index (χ2v) is 6.82. The summed E-state index contributed by atoms with van der Waals surface area (Å²) in [5.74, 6) is 1.78. The van der Waals surface area contributed by atoms with Crippen LogP contribution in [0.4, 0.5) is 0 Å². The molecule has 0 spiro atoms. The molecule has 108 valence electrons. The van der Waals surface area contributed by atoms with Gasteiger partial charge >= 0.3 is 0 Å². The van der Waals surface area contributed by atoms with Crippen LogP contribution in [0, 0.1) is 11.3 Å². The molecule has 1 aliphatic carbocycles. The summed E-state index contributed by atoms with van der Waals surface area (Å²) in [6.45, 7) is 11.0. The summed E-state index contributed by atoms with van der Waals surface area (Å²) in [6, 6.07) is 0.561. The van der Waals surface area contributed by atoms with Crippen LogP contribution in [0.1, 0.15) is 52.8 Å². The molecule has 1 fully saturated rings. The fourth-order valence-corrected chi connectivity index (χ4v) is 2.77. The van der Waals surface area contributed by atoms with Gasteiger partial charge in [-0.25, -0.2) is 9.67 Å². The van der Waals surface area contributed by atoms with Gasteiger partial charge in [0.05, 0.1) is 0 Å². The van der Waals surface area contributed by atoms with Crippen molar-refractivity contribution in [3.63, 3.8) is 0 Å². The Hall–Kier alpha value is -0.900. The van der Waals surface area contributed by atoms with Gasteiger partial charge in [-0.15, -0.1) is 0 Å². The van der Waals surface area contributed by atoms with E-state index in [9.17, 15) is 0 Å². The number of nitrogens with one attached hydrogen (secondary N) is 1. The number of rotatable bonds is 7. The van der Waals surface area contributed by atoms with Gasteiger partial charge in [-0.2, -0.15) is 5.10 Å². The molecule has 0 aromatic carbocycles. The Morgan fingerprint density at radius 1 is 1.32 bits per heavy atom. The minimum absolute atomic E-state index is 0.423. The molecule has 1 N–H and O–H groups in total. The summed E-state index contributed by atoms with van der Waals surface area (Å²) >= 11 is 0. The molecule has 2 rings (SSSR count). The lowest BCUT2D eigenvalue weighted by atomic mass is 9.66. The first-order valence-corrected chi connectivity index (χ1v) is 7.61. The minimum Gasteiger partial charge on any atom is -0.314 e. The van der Waals surface area contributed by atoms with Crippen molar-refractivity contribution in [1.29, 1.82) is 0 Å². The third-order valence-electron chi connectivity index (χ3n) is 4.07. The van der Waals surface area contributed by atoms with E-state index in [1.54, 1.807) is 6.33 Å². The zero-order valence-corrected chi connectivity index (χ0v) is 12.8. The van der Waals surface area contributed by atoms with Crippen LogP contribution in [0.3, 0.4) is 0 Å². The predicted molar refractivity (Wildman–Crippen MR) is 78.0 cm³/mol. The van der Waals surface area contributed by atoms with Gasteiger partial charge in [0.15, 0.2) is 0 Å². The van der Waals surface area contributed by atoms with E-state index in [-0.39, 0.29) is 0 Å². The Kier molecular flexibility index (Phi) is 4.61. The summed E-state index contributed by atoms with van der Waals surface area (Å²) < 4.78 is 2.10. The highest BCUT2D eigenvalue weighted by Crippen LogP contribution is 2.42. The molecule has 4 nitrogen and oxygen atoms in total. The molecule has 4 heteroatoms. The van der Waals surface area contributed by atoms with Gasteiger partial charge in [0.2, 0.25) is 0 Å². The Morgan fingerprint density at radius 3 is 2.58 bits per heavy atom. The second-order valence-electron chi connectivity index (χ2n) is 6.82. The molecule has 19 heavy (non-hydrogen) atoms. The fourth-order valence-electron chi connectivity index (χ4n) is 2.77. The minimum atomic E-state index is 0.423. The molecule has 1 aromatic heterocycles. The van der Waals surface area contributed by atoms with E-state index < -0.39 is 0 Å². The highest BCUT2D eigenvalue weighted by atomic mass is 15.3. The molecule has 0 saturated heterocycles. The van der Waals surface area contributed by atoms with Crippen LogP contribution in [0.25, 0.3) is 0 Å². The molecule has 1 saturated carbocycles. The lowest BCUT2D eigenvalue weighted by Gasteiger charge is -2.42. The third kappa shape index (κ3) is 3.78. The predicted octanol–water partition coefficient (Wildman–Crippen LogP) is 2.64. The van der Waals surface area contributed by atoms with Crippen molar-refractivity contribution in [1.82, 2.24) is 20.1 Å². The Bertz CT molecular complexity index is 391. The van der Waals surface area contributed by atoms with Crippen molar-refractivity contribution >= 4 is 0 Å². The average Bonchev–Trinajstić information content (AvgIpc) is 2.68. The maximum Gasteiger partial charge on any atom is 0.138 e. The van der Waals surface area contributed by atoms with E-state index >= 15 is 0 Å². The van der Waals surface area contributed by atoms with Crippen molar-refractivity contribution in [3.05, 3.63) is 12.2 Å². The van der Waals surface area contributed by atoms with Crippen molar-refractivity contribution in [3.8, 4) is 0 Å². The highest BCUT2D eigenvalue weighted by Gasteiger charge is 2.38. The van der Waals surface area contributed by atoms with Gasteiger partial charge < -0.3 is 5.32 Å². The summed E-state index contributed by atoms with van der Waals surface area (Å²) in [5.41, 5.74) is 0.423. The molecule has 1 aromatic rings. The van der Waals surface area contributed by atoms with Gasteiger partial charge in [-0.3, -0.25) is 0 Å². The molecule has 0 radical (unpaired) electrons. The lowest BCUT2D eigenvalue weighted by molar-refractivity contribution is 0.121. The third-order valence-corrected chi connectivity index (χ3v) is 4.07. The van der Waals surface area contributed by atoms with Crippen LogP contribution < -0.4 is 5.32 Å². The maximum absolute atomic E-state index is 4.49. The standard InChI is InChI=1S/C15H28N4/c1-12(2)9-19-14(17-11-18-19)8-15(6-5-7-15)10-16-13(3)4/h11-13,16H,5-10H2,1-4H3. The molecule has 1 heterocycles. The largest absolute Gasteiger partial charge is 0.314 e. The van der Waals surface area contributed by atoms with Crippen molar-refractivity contribution in [2.45, 2.75) is 66.0 Å². The highest BCUT2D eigenvalue weighted by molar-refractivity contribution is 4.99. The normalized spacial score (nSPS) is 18.0. The van der Waals surface area contributed by atoms with E-state index in [0.717, 1.165) is 19.5 Å². The summed E-state index contributed by atoms with van der Waals surface area (Å²) in [7, 11) is 0. The van der Waals surface area contributed by atoms with Gasteiger partial charge in [0.1, 0.15) is 12.2 Å². The smallest absolute Gasteiger partial charge is 0.138 e. The second kappa shape index (κ2) is 6.04. The molecule has 0 bridgehead atoms. The first kappa shape index (κ1) is 14.5. The Morgan fingerprint density at radius 2 is 2.05 bits per heavy atom. The molecule has 0 aliphatic heterocycles. The van der Waals surface area contributed by atoms with Gasteiger partial charge in [0, 0.05) is 25.6 Å². The molecular formula is C15H28N4. The number of aromatic nitrogens is 3. The molecule has 0 atom stereocenters. The summed E-state index contributed by atoms with van der Waals surface area (Å²) in [6.07, 6.45) is 6.78. The number of hydrogen-bond donors (Lipinski definition) is 1. The number of nitrogens with zero attached hydrogens (tertiary/aromatic N) is 3. The van der Waals surface area contributed by atoms with Crippen LogP contribution >= 0.6 is 0 Å².